The van der Waals surface area contributed by atoms with Gasteiger partial charge >= 0.3 is 0 Å². The van der Waals surface area contributed by atoms with E-state index in [0.717, 1.165) is 5.69 Å². The molecule has 1 heterocycles. The number of nitrogens with two attached hydrogens (primary N) is 1. The SMILES string of the molecule is Cc1nn(C)c(NC(=O)CC(C)C(C)(C)C)c1N. The number of aryl methyl sites for hydroxylation is 2. The van der Waals surface area contributed by atoms with E-state index in [9.17, 15) is 4.79 Å². The van der Waals surface area contributed by atoms with Crippen LogP contribution in [0, 0.1) is 18.3 Å². The van der Waals surface area contributed by atoms with Crippen molar-refractivity contribution in [1.82, 2.24) is 9.78 Å². The number of rotatable bonds is 3. The number of aromatic nitrogens is 2. The van der Waals surface area contributed by atoms with E-state index in [4.69, 9.17) is 5.73 Å². The molecule has 102 valence electrons. The van der Waals surface area contributed by atoms with E-state index in [1.165, 1.54) is 0 Å². The van der Waals surface area contributed by atoms with Gasteiger partial charge in [0.15, 0.2) is 5.82 Å². The maximum Gasteiger partial charge on any atom is 0.225 e. The second-order valence-corrected chi connectivity index (χ2v) is 5.99. The zero-order valence-corrected chi connectivity index (χ0v) is 12.2. The highest BCUT2D eigenvalue weighted by Gasteiger charge is 2.23. The molecule has 0 aliphatic rings. The molecule has 0 aliphatic heterocycles. The molecule has 1 amide bonds. The van der Waals surface area contributed by atoms with Gasteiger partial charge in [0, 0.05) is 13.5 Å². The molecule has 1 aromatic rings. The van der Waals surface area contributed by atoms with Crippen LogP contribution in [-0.2, 0) is 11.8 Å². The van der Waals surface area contributed by atoms with Crippen LogP contribution in [-0.4, -0.2) is 15.7 Å². The molecule has 3 N–H and O–H groups in total. The molecular weight excluding hydrogens is 228 g/mol. The first-order valence-corrected chi connectivity index (χ1v) is 6.22. The van der Waals surface area contributed by atoms with Crippen LogP contribution < -0.4 is 11.1 Å². The normalized spacial score (nSPS) is 13.4. The van der Waals surface area contributed by atoms with E-state index in [-0.39, 0.29) is 11.3 Å². The van der Waals surface area contributed by atoms with Gasteiger partial charge in [-0.05, 0) is 18.3 Å². The van der Waals surface area contributed by atoms with E-state index in [1.807, 2.05) is 6.92 Å². The summed E-state index contributed by atoms with van der Waals surface area (Å²) in [5, 5.41) is 7.01. The van der Waals surface area contributed by atoms with Crippen molar-refractivity contribution in [2.75, 3.05) is 11.1 Å². The monoisotopic (exact) mass is 252 g/mol. The smallest absolute Gasteiger partial charge is 0.225 e. The van der Waals surface area contributed by atoms with Crippen LogP contribution in [0.3, 0.4) is 0 Å². The molecule has 0 aromatic carbocycles. The minimum Gasteiger partial charge on any atom is -0.394 e. The second kappa shape index (κ2) is 5.00. The van der Waals surface area contributed by atoms with Gasteiger partial charge in [-0.25, -0.2) is 0 Å². The lowest BCUT2D eigenvalue weighted by Gasteiger charge is -2.26. The van der Waals surface area contributed by atoms with E-state index in [1.54, 1.807) is 11.7 Å². The second-order valence-electron chi connectivity index (χ2n) is 5.99. The largest absolute Gasteiger partial charge is 0.394 e. The molecule has 1 rings (SSSR count). The van der Waals surface area contributed by atoms with Gasteiger partial charge in [0.2, 0.25) is 5.91 Å². The minimum atomic E-state index is -0.0212. The van der Waals surface area contributed by atoms with Crippen molar-refractivity contribution in [3.63, 3.8) is 0 Å². The summed E-state index contributed by atoms with van der Waals surface area (Å²) in [6.07, 6.45) is 0.479. The van der Waals surface area contributed by atoms with E-state index in [0.29, 0.717) is 23.8 Å². The first-order valence-electron chi connectivity index (χ1n) is 6.22. The standard InChI is InChI=1S/C13H24N4O/c1-8(13(3,4)5)7-10(18)15-12-11(14)9(2)16-17(12)6/h8H,7,14H2,1-6H3,(H,15,18). The third-order valence-corrected chi connectivity index (χ3v) is 3.50. The summed E-state index contributed by atoms with van der Waals surface area (Å²) in [6.45, 7) is 10.3. The van der Waals surface area contributed by atoms with Gasteiger partial charge < -0.3 is 11.1 Å². The Bertz CT molecular complexity index is 443. The van der Waals surface area contributed by atoms with Gasteiger partial charge in [-0.3, -0.25) is 9.48 Å². The number of anilines is 2. The molecule has 0 saturated heterocycles. The first kappa shape index (κ1) is 14.5. The average Bonchev–Trinajstić information content (AvgIpc) is 2.43. The van der Waals surface area contributed by atoms with E-state index >= 15 is 0 Å². The Morgan fingerprint density at radius 1 is 1.50 bits per heavy atom. The molecule has 5 nitrogen and oxygen atoms in total. The van der Waals surface area contributed by atoms with Crippen molar-refractivity contribution in [3.8, 4) is 0 Å². The molecule has 1 aromatic heterocycles. The molecule has 1 atom stereocenters. The summed E-state index contributed by atoms with van der Waals surface area (Å²) in [5.41, 5.74) is 7.26. The van der Waals surface area contributed by atoms with Gasteiger partial charge in [-0.1, -0.05) is 27.7 Å². The third-order valence-electron chi connectivity index (χ3n) is 3.50. The number of amides is 1. The summed E-state index contributed by atoms with van der Waals surface area (Å²) in [4.78, 5) is 12.0. The number of hydrogen-bond acceptors (Lipinski definition) is 3. The fourth-order valence-corrected chi connectivity index (χ4v) is 1.59. The fourth-order valence-electron chi connectivity index (χ4n) is 1.59. The van der Waals surface area contributed by atoms with Crippen LogP contribution in [0.15, 0.2) is 0 Å². The van der Waals surface area contributed by atoms with Gasteiger partial charge in [-0.15, -0.1) is 0 Å². The van der Waals surface area contributed by atoms with Crippen molar-refractivity contribution in [3.05, 3.63) is 5.69 Å². The Labute approximate surface area is 109 Å². The van der Waals surface area contributed by atoms with Crippen LogP contribution in [0.1, 0.15) is 39.8 Å². The Balaban J connectivity index is 2.71. The van der Waals surface area contributed by atoms with Gasteiger partial charge in [0.25, 0.3) is 0 Å². The van der Waals surface area contributed by atoms with Crippen LogP contribution in [0.2, 0.25) is 0 Å². The average molecular weight is 252 g/mol. The fraction of sp³-hybridized carbons (Fsp3) is 0.692. The molecule has 0 fully saturated rings. The Morgan fingerprint density at radius 2 is 2.06 bits per heavy atom. The number of hydrogen-bond donors (Lipinski definition) is 2. The lowest BCUT2D eigenvalue weighted by Crippen LogP contribution is -2.24. The van der Waals surface area contributed by atoms with Gasteiger partial charge in [0.1, 0.15) is 0 Å². The lowest BCUT2D eigenvalue weighted by molar-refractivity contribution is -0.117. The molecule has 0 aliphatic carbocycles. The highest BCUT2D eigenvalue weighted by Crippen LogP contribution is 2.29. The molecule has 5 heteroatoms. The predicted octanol–water partition coefficient (Wildman–Crippen LogP) is 2.32. The molecule has 0 radical (unpaired) electrons. The molecule has 1 unspecified atom stereocenters. The Morgan fingerprint density at radius 3 is 2.44 bits per heavy atom. The number of carbonyl (C=O) groups excluding carboxylic acids is 1. The summed E-state index contributed by atoms with van der Waals surface area (Å²) in [6, 6.07) is 0. The summed E-state index contributed by atoms with van der Waals surface area (Å²) in [7, 11) is 1.77. The predicted molar refractivity (Wildman–Crippen MR) is 74.2 cm³/mol. The summed E-state index contributed by atoms with van der Waals surface area (Å²) >= 11 is 0. The van der Waals surface area contributed by atoms with Crippen molar-refractivity contribution in [2.45, 2.75) is 41.0 Å². The van der Waals surface area contributed by atoms with Crippen molar-refractivity contribution in [2.24, 2.45) is 18.4 Å². The third kappa shape index (κ3) is 3.24. The van der Waals surface area contributed by atoms with Gasteiger partial charge in [-0.2, -0.15) is 5.10 Å². The van der Waals surface area contributed by atoms with Crippen LogP contribution in [0.25, 0.3) is 0 Å². The highest BCUT2D eigenvalue weighted by atomic mass is 16.1. The first-order chi connectivity index (χ1) is 8.12. The zero-order valence-electron chi connectivity index (χ0n) is 12.2. The van der Waals surface area contributed by atoms with Crippen molar-refractivity contribution in [1.29, 1.82) is 0 Å². The maximum absolute atomic E-state index is 12.0. The Kier molecular flexibility index (Phi) is 4.04. The number of nitrogens with one attached hydrogen (secondary N) is 1. The molecule has 18 heavy (non-hydrogen) atoms. The van der Waals surface area contributed by atoms with Crippen LogP contribution in [0.4, 0.5) is 11.5 Å². The zero-order chi connectivity index (χ0) is 14.1. The minimum absolute atomic E-state index is 0.0212. The van der Waals surface area contributed by atoms with Gasteiger partial charge in [0.05, 0.1) is 11.4 Å². The molecular formula is C13H24N4O. The van der Waals surface area contributed by atoms with Crippen molar-refractivity contribution < 1.29 is 4.79 Å². The summed E-state index contributed by atoms with van der Waals surface area (Å²) in [5.74, 6) is 0.860. The van der Waals surface area contributed by atoms with Crippen LogP contribution in [0.5, 0.6) is 0 Å². The number of nitrogens with zero attached hydrogens (tertiary/aromatic N) is 2. The van der Waals surface area contributed by atoms with E-state index < -0.39 is 0 Å². The van der Waals surface area contributed by atoms with Crippen molar-refractivity contribution >= 4 is 17.4 Å². The number of nitrogen functional groups attached to an aromatic ring is 1. The quantitative estimate of drug-likeness (QED) is 0.867. The molecule has 0 bridgehead atoms. The lowest BCUT2D eigenvalue weighted by atomic mass is 9.80. The Hall–Kier alpha value is -1.52. The topological polar surface area (TPSA) is 72.9 Å². The summed E-state index contributed by atoms with van der Waals surface area (Å²) < 4.78 is 1.60. The van der Waals surface area contributed by atoms with E-state index in [2.05, 4.69) is 38.1 Å². The molecule has 0 spiro atoms. The highest BCUT2D eigenvalue weighted by molar-refractivity contribution is 5.93. The number of carbonyl (C=O) groups is 1. The molecule has 0 saturated carbocycles. The van der Waals surface area contributed by atoms with Crippen LogP contribution >= 0.6 is 0 Å². The maximum atomic E-state index is 12.0.